The van der Waals surface area contributed by atoms with Gasteiger partial charge in [0.15, 0.2) is 5.78 Å². The third-order valence-electron chi connectivity index (χ3n) is 6.72. The van der Waals surface area contributed by atoms with Gasteiger partial charge in [-0.2, -0.15) is 8.42 Å². The number of para-hydroxylation sites is 1. The first kappa shape index (κ1) is 25.4. The lowest BCUT2D eigenvalue weighted by Crippen LogP contribution is -2.42. The van der Waals surface area contributed by atoms with Gasteiger partial charge in [-0.25, -0.2) is 0 Å². The van der Waals surface area contributed by atoms with E-state index in [4.69, 9.17) is 4.74 Å². The third-order valence-corrected chi connectivity index (χ3v) is 8.04. The maximum Gasteiger partial charge on any atom is 0.283 e. The highest BCUT2D eigenvalue weighted by Gasteiger charge is 2.35. The van der Waals surface area contributed by atoms with E-state index < -0.39 is 16.1 Å². The van der Waals surface area contributed by atoms with Crippen LogP contribution in [0.3, 0.4) is 0 Å². The van der Waals surface area contributed by atoms with Gasteiger partial charge < -0.3 is 9.64 Å². The van der Waals surface area contributed by atoms with E-state index >= 15 is 0 Å². The molecule has 1 heterocycles. The molecule has 0 saturated carbocycles. The number of hydrogen-bond acceptors (Lipinski definition) is 4. The van der Waals surface area contributed by atoms with Gasteiger partial charge in [0.1, 0.15) is 11.6 Å². The molecule has 0 spiro atoms. The lowest BCUT2D eigenvalue weighted by Gasteiger charge is -2.39. The number of Topliss-reactive ketones (excluding diaryl/α,β-unsaturated/α-hetero) is 1. The zero-order chi connectivity index (χ0) is 26.7. The number of rotatable bonds is 7. The predicted molar refractivity (Wildman–Crippen MR) is 150 cm³/mol. The zero-order valence-electron chi connectivity index (χ0n) is 21.2. The van der Waals surface area contributed by atoms with E-state index in [0.717, 1.165) is 22.4 Å². The van der Waals surface area contributed by atoms with Gasteiger partial charge >= 0.3 is 0 Å². The summed E-state index contributed by atoms with van der Waals surface area (Å²) in [5.74, 6) is 0.991. The van der Waals surface area contributed by atoms with Crippen molar-refractivity contribution in [2.24, 2.45) is 4.40 Å². The number of fused-ring (bicyclic) bond motifs is 1. The molecular formula is C31H28N2O4S. The second-order valence-electron chi connectivity index (χ2n) is 9.25. The monoisotopic (exact) mass is 524 g/mol. The van der Waals surface area contributed by atoms with Crippen LogP contribution in [0.15, 0.2) is 112 Å². The quantitative estimate of drug-likeness (QED) is 0.270. The van der Waals surface area contributed by atoms with Gasteiger partial charge in [0, 0.05) is 24.1 Å². The van der Waals surface area contributed by atoms with E-state index in [-0.39, 0.29) is 17.1 Å². The van der Waals surface area contributed by atoms with Gasteiger partial charge in [0.25, 0.3) is 10.0 Å². The summed E-state index contributed by atoms with van der Waals surface area (Å²) in [6, 6.07) is 30.6. The van der Waals surface area contributed by atoms with Crippen molar-refractivity contribution in [2.45, 2.75) is 30.7 Å². The number of ketones is 1. The Bertz CT molecular complexity index is 1580. The van der Waals surface area contributed by atoms with Gasteiger partial charge in [0.2, 0.25) is 0 Å². The van der Waals surface area contributed by atoms with Gasteiger partial charge in [-0.15, -0.1) is 4.40 Å². The molecule has 1 aliphatic heterocycles. The number of carbonyl (C=O) groups is 1. The minimum absolute atomic E-state index is 0.0592. The van der Waals surface area contributed by atoms with Crippen LogP contribution in [0.4, 0.5) is 5.69 Å². The van der Waals surface area contributed by atoms with Gasteiger partial charge in [-0.05, 0) is 66.6 Å². The zero-order valence-corrected chi connectivity index (χ0v) is 22.1. The first-order chi connectivity index (χ1) is 18.4. The van der Waals surface area contributed by atoms with E-state index in [1.54, 1.807) is 55.6 Å². The molecule has 1 atom stereocenters. The molecule has 0 saturated heterocycles. The first-order valence-corrected chi connectivity index (χ1v) is 13.8. The van der Waals surface area contributed by atoms with Crippen molar-refractivity contribution in [1.82, 2.24) is 0 Å². The number of carbonyl (C=O) groups excluding carboxylic acids is 1. The molecule has 192 valence electrons. The number of benzene rings is 4. The fourth-order valence-corrected chi connectivity index (χ4v) is 5.78. The average Bonchev–Trinajstić information content (AvgIpc) is 2.93. The standard InChI is InChI=1S/C31H28N2O4S/c1-22-12-18-27(19-13-22)38(35,36)32-31-20-24-8-6-7-11-28(24)29(33(31)25-9-4-3-5-10-25)21-30(34)23-14-16-26(37-2)17-15-23/h3-19,29H,20-21H2,1-2H3/b32-31+. The van der Waals surface area contributed by atoms with E-state index in [1.807, 2.05) is 66.4 Å². The van der Waals surface area contributed by atoms with E-state index in [2.05, 4.69) is 4.40 Å². The predicted octanol–water partition coefficient (Wildman–Crippen LogP) is 6.17. The third kappa shape index (κ3) is 5.24. The van der Waals surface area contributed by atoms with Crippen molar-refractivity contribution in [3.05, 3.63) is 125 Å². The number of ether oxygens (including phenoxy) is 1. The van der Waals surface area contributed by atoms with Crippen LogP contribution in [-0.2, 0) is 16.4 Å². The molecule has 0 fully saturated rings. The summed E-state index contributed by atoms with van der Waals surface area (Å²) in [5, 5.41) is 0. The van der Waals surface area contributed by atoms with Crippen LogP contribution in [0, 0.1) is 6.92 Å². The van der Waals surface area contributed by atoms with Crippen LogP contribution in [-0.4, -0.2) is 27.1 Å². The first-order valence-electron chi connectivity index (χ1n) is 12.4. The number of aryl methyl sites for hydroxylation is 1. The second-order valence-corrected chi connectivity index (χ2v) is 10.9. The Kier molecular flexibility index (Phi) is 7.11. The number of amidine groups is 1. The largest absolute Gasteiger partial charge is 0.497 e. The van der Waals surface area contributed by atoms with Crippen LogP contribution in [0.5, 0.6) is 5.75 Å². The molecule has 5 rings (SSSR count). The number of hydrogen-bond donors (Lipinski definition) is 0. The van der Waals surface area contributed by atoms with Crippen LogP contribution in [0.2, 0.25) is 0 Å². The Labute approximate surface area is 223 Å². The molecule has 1 aliphatic rings. The molecule has 6 nitrogen and oxygen atoms in total. The lowest BCUT2D eigenvalue weighted by atomic mass is 9.87. The lowest BCUT2D eigenvalue weighted by molar-refractivity contribution is 0.0974. The van der Waals surface area contributed by atoms with E-state index in [0.29, 0.717) is 23.6 Å². The van der Waals surface area contributed by atoms with Gasteiger partial charge in [0.05, 0.1) is 18.0 Å². The van der Waals surface area contributed by atoms with Crippen molar-refractivity contribution < 1.29 is 17.9 Å². The highest BCUT2D eigenvalue weighted by molar-refractivity contribution is 7.90. The maximum absolute atomic E-state index is 13.5. The van der Waals surface area contributed by atoms with Crippen molar-refractivity contribution in [3.63, 3.8) is 0 Å². The molecule has 7 heteroatoms. The van der Waals surface area contributed by atoms with Gasteiger partial charge in [-0.3, -0.25) is 4.79 Å². The molecule has 0 radical (unpaired) electrons. The summed E-state index contributed by atoms with van der Waals surface area (Å²) in [6.07, 6.45) is 0.464. The van der Waals surface area contributed by atoms with Crippen LogP contribution >= 0.6 is 0 Å². The van der Waals surface area contributed by atoms with E-state index in [9.17, 15) is 13.2 Å². The minimum atomic E-state index is -3.98. The number of sulfonamides is 1. The second kappa shape index (κ2) is 10.6. The van der Waals surface area contributed by atoms with Crippen LogP contribution in [0.25, 0.3) is 0 Å². The Balaban J connectivity index is 1.62. The SMILES string of the molecule is COc1ccc(C(=O)CC2c3ccccc3C/C(=N\S(=O)(=O)c3ccc(C)cc3)N2c2ccccc2)cc1. The smallest absolute Gasteiger partial charge is 0.283 e. The van der Waals surface area contributed by atoms with Gasteiger partial charge in [-0.1, -0.05) is 60.2 Å². The minimum Gasteiger partial charge on any atom is -0.497 e. The summed E-state index contributed by atoms with van der Waals surface area (Å²) in [5.41, 5.74) is 4.22. The summed E-state index contributed by atoms with van der Waals surface area (Å²) >= 11 is 0. The molecule has 4 aromatic rings. The molecule has 0 bridgehead atoms. The Morgan fingerprint density at radius 3 is 2.24 bits per heavy atom. The molecule has 0 aliphatic carbocycles. The summed E-state index contributed by atoms with van der Waals surface area (Å²) < 4.78 is 36.4. The molecule has 4 aromatic carbocycles. The van der Waals surface area contributed by atoms with E-state index in [1.165, 1.54) is 0 Å². The fraction of sp³-hybridized carbons (Fsp3) is 0.161. The Hall–Kier alpha value is -4.23. The number of anilines is 1. The molecule has 0 amide bonds. The van der Waals surface area contributed by atoms with Crippen molar-refractivity contribution in [2.75, 3.05) is 12.0 Å². The van der Waals surface area contributed by atoms with Crippen molar-refractivity contribution >= 4 is 27.3 Å². The van der Waals surface area contributed by atoms with Crippen LogP contribution < -0.4 is 9.64 Å². The van der Waals surface area contributed by atoms with Crippen molar-refractivity contribution in [3.8, 4) is 5.75 Å². The van der Waals surface area contributed by atoms with Crippen LogP contribution in [0.1, 0.15) is 39.5 Å². The summed E-state index contributed by atoms with van der Waals surface area (Å²) in [4.78, 5) is 15.5. The summed E-state index contributed by atoms with van der Waals surface area (Å²) in [7, 11) is -2.40. The normalized spacial score (nSPS) is 16.2. The molecule has 38 heavy (non-hydrogen) atoms. The topological polar surface area (TPSA) is 76.0 Å². The summed E-state index contributed by atoms with van der Waals surface area (Å²) in [6.45, 7) is 1.90. The Morgan fingerprint density at radius 1 is 0.895 bits per heavy atom. The molecule has 1 unspecified atom stereocenters. The highest BCUT2D eigenvalue weighted by Crippen LogP contribution is 2.38. The number of nitrogens with zero attached hydrogens (tertiary/aromatic N) is 2. The Morgan fingerprint density at radius 2 is 1.55 bits per heavy atom. The van der Waals surface area contributed by atoms with Crippen molar-refractivity contribution in [1.29, 1.82) is 0 Å². The maximum atomic E-state index is 13.5. The molecule has 0 aromatic heterocycles. The molecule has 0 N–H and O–H groups in total. The molecular weight excluding hydrogens is 496 g/mol. The highest BCUT2D eigenvalue weighted by atomic mass is 32.2. The average molecular weight is 525 g/mol. The fourth-order valence-electron chi connectivity index (χ4n) is 4.76. The number of methoxy groups -OCH3 is 1.